The molecule has 7 nitrogen and oxygen atoms in total. The van der Waals surface area contributed by atoms with E-state index in [-0.39, 0.29) is 16.8 Å². The highest BCUT2D eigenvalue weighted by Gasteiger charge is 2.28. The number of hydrogen-bond acceptors (Lipinski definition) is 5. The third-order valence-electron chi connectivity index (χ3n) is 4.87. The lowest BCUT2D eigenvalue weighted by molar-refractivity contribution is 0.102. The zero-order valence-corrected chi connectivity index (χ0v) is 17.9. The SMILES string of the molecule is Cc1ccc(S(=O)(=O)NC2CC2)cc1C(=O)Nc1cccc(OCc2ccccn2)c1. The molecule has 4 rings (SSSR count). The highest BCUT2D eigenvalue weighted by Crippen LogP contribution is 2.24. The van der Waals surface area contributed by atoms with Crippen molar-refractivity contribution in [1.82, 2.24) is 9.71 Å². The molecule has 0 aliphatic heterocycles. The van der Waals surface area contributed by atoms with Gasteiger partial charge in [-0.25, -0.2) is 13.1 Å². The van der Waals surface area contributed by atoms with Crippen LogP contribution in [0.1, 0.15) is 34.5 Å². The van der Waals surface area contributed by atoms with E-state index >= 15 is 0 Å². The van der Waals surface area contributed by atoms with E-state index in [2.05, 4.69) is 15.0 Å². The minimum Gasteiger partial charge on any atom is -0.487 e. The maximum atomic E-state index is 12.9. The topological polar surface area (TPSA) is 97.4 Å². The molecule has 0 bridgehead atoms. The smallest absolute Gasteiger partial charge is 0.255 e. The molecule has 31 heavy (non-hydrogen) atoms. The summed E-state index contributed by atoms with van der Waals surface area (Å²) in [4.78, 5) is 17.2. The molecule has 1 fully saturated rings. The maximum absolute atomic E-state index is 12.9. The number of pyridine rings is 1. The van der Waals surface area contributed by atoms with Gasteiger partial charge in [-0.3, -0.25) is 9.78 Å². The van der Waals surface area contributed by atoms with Crippen LogP contribution in [0, 0.1) is 6.92 Å². The predicted molar refractivity (Wildman–Crippen MR) is 117 cm³/mol. The molecule has 1 aliphatic carbocycles. The van der Waals surface area contributed by atoms with Crippen molar-refractivity contribution < 1.29 is 17.9 Å². The van der Waals surface area contributed by atoms with Gasteiger partial charge in [0.1, 0.15) is 12.4 Å². The Labute approximate surface area is 181 Å². The van der Waals surface area contributed by atoms with Gasteiger partial charge in [0.2, 0.25) is 10.0 Å². The van der Waals surface area contributed by atoms with E-state index < -0.39 is 10.0 Å². The summed E-state index contributed by atoms with van der Waals surface area (Å²) in [7, 11) is -3.64. The fraction of sp³-hybridized carbons (Fsp3) is 0.217. The Morgan fingerprint density at radius 1 is 1.10 bits per heavy atom. The molecular formula is C23H23N3O4S. The average molecular weight is 438 g/mol. The largest absolute Gasteiger partial charge is 0.487 e. The summed E-state index contributed by atoms with van der Waals surface area (Å²) in [5.41, 5.74) is 2.33. The number of ether oxygens (including phenoxy) is 1. The van der Waals surface area contributed by atoms with Crippen LogP contribution in [0.3, 0.4) is 0 Å². The quantitative estimate of drug-likeness (QED) is 0.561. The normalized spacial score (nSPS) is 13.6. The van der Waals surface area contributed by atoms with Gasteiger partial charge in [-0.1, -0.05) is 18.2 Å². The number of nitrogens with one attached hydrogen (secondary N) is 2. The Balaban J connectivity index is 1.47. The van der Waals surface area contributed by atoms with Gasteiger partial charge in [-0.05, 0) is 61.7 Å². The summed E-state index contributed by atoms with van der Waals surface area (Å²) in [6, 6.07) is 17.2. The lowest BCUT2D eigenvalue weighted by Gasteiger charge is -2.12. The Hall–Kier alpha value is -3.23. The van der Waals surface area contributed by atoms with Gasteiger partial charge in [-0.2, -0.15) is 0 Å². The number of amides is 1. The molecule has 0 saturated heterocycles. The number of aromatic nitrogens is 1. The Bertz CT molecular complexity index is 1190. The van der Waals surface area contributed by atoms with E-state index in [1.54, 1.807) is 43.5 Å². The molecule has 8 heteroatoms. The van der Waals surface area contributed by atoms with Crippen LogP contribution in [-0.4, -0.2) is 25.4 Å². The first kappa shape index (κ1) is 21.0. The molecular weight excluding hydrogens is 414 g/mol. The molecule has 1 saturated carbocycles. The van der Waals surface area contributed by atoms with Crippen LogP contribution in [0.25, 0.3) is 0 Å². The van der Waals surface area contributed by atoms with Crippen molar-refractivity contribution in [2.45, 2.75) is 37.3 Å². The van der Waals surface area contributed by atoms with Crippen LogP contribution in [0.15, 0.2) is 71.8 Å². The number of aryl methyl sites for hydroxylation is 1. The van der Waals surface area contributed by atoms with E-state index in [0.717, 1.165) is 18.5 Å². The van der Waals surface area contributed by atoms with Crippen LogP contribution in [0.2, 0.25) is 0 Å². The minimum atomic E-state index is -3.64. The highest BCUT2D eigenvalue weighted by molar-refractivity contribution is 7.89. The van der Waals surface area contributed by atoms with Crippen LogP contribution in [0.4, 0.5) is 5.69 Å². The van der Waals surface area contributed by atoms with Crippen LogP contribution >= 0.6 is 0 Å². The molecule has 0 radical (unpaired) electrons. The molecule has 0 unspecified atom stereocenters. The number of hydrogen-bond donors (Lipinski definition) is 2. The van der Waals surface area contributed by atoms with Crippen LogP contribution < -0.4 is 14.8 Å². The molecule has 1 aliphatic rings. The van der Waals surface area contributed by atoms with Gasteiger partial charge < -0.3 is 10.1 Å². The van der Waals surface area contributed by atoms with Crippen molar-refractivity contribution in [3.05, 3.63) is 83.7 Å². The standard InChI is InChI=1S/C23H23N3O4S/c1-16-8-11-21(31(28,29)26-17-9-10-17)14-22(16)23(27)25-18-6-4-7-20(13-18)30-15-19-5-2-3-12-24-19/h2-8,11-14,17,26H,9-10,15H2,1H3,(H,25,27). The highest BCUT2D eigenvalue weighted by atomic mass is 32.2. The molecule has 0 spiro atoms. The number of carbonyl (C=O) groups is 1. The van der Waals surface area contributed by atoms with Crippen molar-refractivity contribution in [2.24, 2.45) is 0 Å². The van der Waals surface area contributed by atoms with Gasteiger partial charge >= 0.3 is 0 Å². The van der Waals surface area contributed by atoms with Crippen molar-refractivity contribution in [1.29, 1.82) is 0 Å². The van der Waals surface area contributed by atoms with Crippen LogP contribution in [0.5, 0.6) is 5.75 Å². The minimum absolute atomic E-state index is 0.00240. The van der Waals surface area contributed by atoms with Gasteiger partial charge in [0.05, 0.1) is 10.6 Å². The lowest BCUT2D eigenvalue weighted by atomic mass is 10.1. The second-order valence-corrected chi connectivity index (χ2v) is 9.18. The first-order chi connectivity index (χ1) is 14.9. The third kappa shape index (κ3) is 5.48. The zero-order chi connectivity index (χ0) is 21.8. The molecule has 0 atom stereocenters. The van der Waals surface area contributed by atoms with E-state index in [9.17, 15) is 13.2 Å². The van der Waals surface area contributed by atoms with Crippen molar-refractivity contribution >= 4 is 21.6 Å². The van der Waals surface area contributed by atoms with Crippen molar-refractivity contribution in [3.8, 4) is 5.75 Å². The number of benzene rings is 2. The van der Waals surface area contributed by atoms with Crippen molar-refractivity contribution in [2.75, 3.05) is 5.32 Å². The Kier molecular flexibility index (Phi) is 6.01. The second kappa shape index (κ2) is 8.87. The molecule has 1 amide bonds. The maximum Gasteiger partial charge on any atom is 0.255 e. The second-order valence-electron chi connectivity index (χ2n) is 7.46. The van der Waals surface area contributed by atoms with E-state index in [1.807, 2.05) is 18.2 Å². The summed E-state index contributed by atoms with van der Waals surface area (Å²) < 4.78 is 33.4. The molecule has 1 heterocycles. The monoisotopic (exact) mass is 437 g/mol. The predicted octanol–water partition coefficient (Wildman–Crippen LogP) is 3.66. The first-order valence-electron chi connectivity index (χ1n) is 9.98. The zero-order valence-electron chi connectivity index (χ0n) is 17.0. The molecule has 1 aromatic heterocycles. The van der Waals surface area contributed by atoms with E-state index in [4.69, 9.17) is 4.74 Å². The summed E-state index contributed by atoms with van der Waals surface area (Å²) >= 11 is 0. The number of anilines is 1. The Morgan fingerprint density at radius 3 is 2.68 bits per heavy atom. The number of carbonyl (C=O) groups excluding carboxylic acids is 1. The van der Waals surface area contributed by atoms with Crippen LogP contribution in [-0.2, 0) is 16.6 Å². The van der Waals surface area contributed by atoms with Gasteiger partial charge in [-0.15, -0.1) is 0 Å². The summed E-state index contributed by atoms with van der Waals surface area (Å²) in [6.07, 6.45) is 3.39. The van der Waals surface area contributed by atoms with Crippen molar-refractivity contribution in [3.63, 3.8) is 0 Å². The number of rotatable bonds is 8. The number of sulfonamides is 1. The molecule has 2 aromatic carbocycles. The lowest BCUT2D eigenvalue weighted by Crippen LogP contribution is -2.26. The van der Waals surface area contributed by atoms with Gasteiger partial charge in [0.25, 0.3) is 5.91 Å². The van der Waals surface area contributed by atoms with Gasteiger partial charge in [0, 0.05) is 29.6 Å². The summed E-state index contributed by atoms with van der Waals surface area (Å²) in [5.74, 6) is 0.202. The fourth-order valence-corrected chi connectivity index (χ4v) is 4.34. The summed E-state index contributed by atoms with van der Waals surface area (Å²) in [5, 5.41) is 2.82. The third-order valence-corrected chi connectivity index (χ3v) is 6.39. The molecule has 2 N–H and O–H groups in total. The number of nitrogens with zero attached hydrogens (tertiary/aromatic N) is 1. The average Bonchev–Trinajstić information content (AvgIpc) is 3.57. The summed E-state index contributed by atoms with van der Waals surface area (Å²) in [6.45, 7) is 2.08. The fourth-order valence-electron chi connectivity index (χ4n) is 3.00. The Morgan fingerprint density at radius 2 is 1.94 bits per heavy atom. The molecule has 160 valence electrons. The molecule has 3 aromatic rings. The first-order valence-corrected chi connectivity index (χ1v) is 11.5. The van der Waals surface area contributed by atoms with E-state index in [1.165, 1.54) is 12.1 Å². The van der Waals surface area contributed by atoms with E-state index in [0.29, 0.717) is 29.2 Å². The van der Waals surface area contributed by atoms with Gasteiger partial charge in [0.15, 0.2) is 0 Å².